The molecular formula is C16H20N4O2S. The van der Waals surface area contributed by atoms with Crippen LogP contribution in [0.3, 0.4) is 0 Å². The first kappa shape index (κ1) is 15.9. The molecule has 2 aromatic heterocycles. The summed E-state index contributed by atoms with van der Waals surface area (Å²) in [6, 6.07) is 5.78. The van der Waals surface area contributed by atoms with E-state index < -0.39 is 5.60 Å². The summed E-state index contributed by atoms with van der Waals surface area (Å²) in [5, 5.41) is 15.5. The second kappa shape index (κ2) is 7.06. The fourth-order valence-corrected chi connectivity index (χ4v) is 3.38. The fraction of sp³-hybridized carbons (Fsp3) is 0.438. The van der Waals surface area contributed by atoms with E-state index in [9.17, 15) is 9.90 Å². The van der Waals surface area contributed by atoms with Crippen LogP contribution in [0, 0.1) is 0 Å². The second-order valence-corrected chi connectivity index (χ2v) is 6.83. The summed E-state index contributed by atoms with van der Waals surface area (Å²) in [4.78, 5) is 23.5. The van der Waals surface area contributed by atoms with E-state index in [-0.39, 0.29) is 12.5 Å². The molecule has 0 aromatic carbocycles. The van der Waals surface area contributed by atoms with Crippen molar-refractivity contribution in [2.45, 2.75) is 24.9 Å². The van der Waals surface area contributed by atoms with Gasteiger partial charge in [0.25, 0.3) is 0 Å². The molecule has 23 heavy (non-hydrogen) atoms. The van der Waals surface area contributed by atoms with Crippen LogP contribution in [0.2, 0.25) is 0 Å². The van der Waals surface area contributed by atoms with Crippen LogP contribution in [-0.2, 0) is 11.2 Å². The summed E-state index contributed by atoms with van der Waals surface area (Å²) in [6.45, 7) is 1.38. The summed E-state index contributed by atoms with van der Waals surface area (Å²) in [5.41, 5.74) is -0.919. The van der Waals surface area contributed by atoms with Crippen molar-refractivity contribution in [1.29, 1.82) is 0 Å². The highest BCUT2D eigenvalue weighted by molar-refractivity contribution is 7.09. The normalized spacial score (nSPS) is 20.7. The molecule has 1 atom stereocenters. The smallest absolute Gasteiger partial charge is 0.225 e. The van der Waals surface area contributed by atoms with Gasteiger partial charge in [0, 0.05) is 36.8 Å². The van der Waals surface area contributed by atoms with Crippen LogP contribution in [0.4, 0.5) is 5.95 Å². The predicted octanol–water partition coefficient (Wildman–Crippen LogP) is 1.23. The Hall–Kier alpha value is -1.99. The zero-order chi connectivity index (χ0) is 16.1. The van der Waals surface area contributed by atoms with Gasteiger partial charge in [-0.15, -0.1) is 11.3 Å². The highest BCUT2D eigenvalue weighted by Gasteiger charge is 2.37. The van der Waals surface area contributed by atoms with Crippen LogP contribution >= 0.6 is 11.3 Å². The van der Waals surface area contributed by atoms with Crippen molar-refractivity contribution in [3.05, 3.63) is 40.8 Å². The Kier molecular flexibility index (Phi) is 4.88. The van der Waals surface area contributed by atoms with E-state index in [0.717, 1.165) is 6.42 Å². The summed E-state index contributed by atoms with van der Waals surface area (Å²) >= 11 is 1.66. The largest absolute Gasteiger partial charge is 0.386 e. The maximum absolute atomic E-state index is 11.9. The van der Waals surface area contributed by atoms with Crippen molar-refractivity contribution >= 4 is 23.2 Å². The van der Waals surface area contributed by atoms with Gasteiger partial charge in [0.15, 0.2) is 0 Å². The summed E-state index contributed by atoms with van der Waals surface area (Å²) in [7, 11) is 0. The van der Waals surface area contributed by atoms with Crippen LogP contribution in [0.15, 0.2) is 36.0 Å². The molecule has 0 unspecified atom stereocenters. The molecule has 122 valence electrons. The number of thiophene rings is 1. The lowest BCUT2D eigenvalue weighted by atomic mass is 10.0. The minimum atomic E-state index is -0.919. The molecule has 7 heteroatoms. The highest BCUT2D eigenvalue weighted by atomic mass is 32.1. The number of nitrogens with one attached hydrogen (secondary N) is 1. The Morgan fingerprint density at radius 1 is 1.39 bits per heavy atom. The Morgan fingerprint density at radius 2 is 2.22 bits per heavy atom. The van der Waals surface area contributed by atoms with Gasteiger partial charge in [-0.3, -0.25) is 4.79 Å². The minimum absolute atomic E-state index is 0.0266. The molecule has 1 saturated heterocycles. The van der Waals surface area contributed by atoms with E-state index in [2.05, 4.69) is 15.3 Å². The van der Waals surface area contributed by atoms with E-state index in [0.29, 0.717) is 31.9 Å². The molecule has 0 aliphatic carbocycles. The zero-order valence-corrected chi connectivity index (χ0v) is 13.6. The van der Waals surface area contributed by atoms with Crippen LogP contribution in [0.25, 0.3) is 0 Å². The first-order valence-corrected chi connectivity index (χ1v) is 8.56. The Balaban J connectivity index is 1.45. The predicted molar refractivity (Wildman–Crippen MR) is 89.5 cm³/mol. The Morgan fingerprint density at radius 3 is 2.96 bits per heavy atom. The van der Waals surface area contributed by atoms with Gasteiger partial charge in [-0.1, -0.05) is 6.07 Å². The van der Waals surface area contributed by atoms with E-state index in [1.54, 1.807) is 29.8 Å². The number of amides is 1. The number of carbonyl (C=O) groups is 1. The van der Waals surface area contributed by atoms with Gasteiger partial charge in [-0.05, 0) is 30.4 Å². The van der Waals surface area contributed by atoms with Gasteiger partial charge < -0.3 is 15.3 Å². The number of nitrogens with zero attached hydrogens (tertiary/aromatic N) is 3. The number of aliphatic hydroxyl groups is 1. The number of hydrogen-bond donors (Lipinski definition) is 2. The molecule has 3 rings (SSSR count). The summed E-state index contributed by atoms with van der Waals surface area (Å²) in [6.07, 6.45) is 5.16. The maximum Gasteiger partial charge on any atom is 0.225 e. The molecule has 0 radical (unpaired) electrons. The third kappa shape index (κ3) is 4.27. The van der Waals surface area contributed by atoms with Gasteiger partial charge in [-0.25, -0.2) is 9.97 Å². The molecule has 6 nitrogen and oxygen atoms in total. The minimum Gasteiger partial charge on any atom is -0.386 e. The van der Waals surface area contributed by atoms with Crippen LogP contribution in [0.5, 0.6) is 0 Å². The molecule has 1 fully saturated rings. The number of aryl methyl sites for hydroxylation is 1. The molecular weight excluding hydrogens is 312 g/mol. The number of aromatic nitrogens is 2. The molecule has 0 bridgehead atoms. The average molecular weight is 332 g/mol. The zero-order valence-electron chi connectivity index (χ0n) is 12.8. The number of β-amino-alcohol motifs (C(OH)–C–C–N with tert-alkyl or cyclic N) is 1. The van der Waals surface area contributed by atoms with Gasteiger partial charge in [0.1, 0.15) is 5.60 Å². The molecule has 2 N–H and O–H groups in total. The SMILES string of the molecule is O=C(CCc1cccs1)NC[C@]1(O)CCN(c2ncccn2)C1. The maximum atomic E-state index is 11.9. The number of hydrogen-bond acceptors (Lipinski definition) is 6. The lowest BCUT2D eigenvalue weighted by Gasteiger charge is -2.23. The summed E-state index contributed by atoms with van der Waals surface area (Å²) in [5.74, 6) is 0.591. The molecule has 1 aliphatic rings. The van der Waals surface area contributed by atoms with Crippen molar-refractivity contribution in [3.8, 4) is 0 Å². The second-order valence-electron chi connectivity index (χ2n) is 5.80. The van der Waals surface area contributed by atoms with E-state index in [1.807, 2.05) is 22.4 Å². The summed E-state index contributed by atoms with van der Waals surface area (Å²) < 4.78 is 0. The average Bonchev–Trinajstić information content (AvgIpc) is 3.22. The molecule has 0 saturated carbocycles. The quantitative estimate of drug-likeness (QED) is 0.832. The Labute approximate surface area is 139 Å². The third-order valence-electron chi connectivity index (χ3n) is 3.96. The van der Waals surface area contributed by atoms with Gasteiger partial charge in [-0.2, -0.15) is 0 Å². The molecule has 3 heterocycles. The number of rotatable bonds is 6. The van der Waals surface area contributed by atoms with Crippen molar-refractivity contribution in [1.82, 2.24) is 15.3 Å². The topological polar surface area (TPSA) is 78.4 Å². The Bertz CT molecular complexity index is 635. The van der Waals surface area contributed by atoms with E-state index in [4.69, 9.17) is 0 Å². The van der Waals surface area contributed by atoms with Crippen LogP contribution < -0.4 is 10.2 Å². The van der Waals surface area contributed by atoms with Crippen molar-refractivity contribution < 1.29 is 9.90 Å². The van der Waals surface area contributed by atoms with Gasteiger partial charge in [0.05, 0.1) is 6.54 Å². The highest BCUT2D eigenvalue weighted by Crippen LogP contribution is 2.23. The molecule has 2 aromatic rings. The molecule has 0 spiro atoms. The number of anilines is 1. The van der Waals surface area contributed by atoms with Crippen LogP contribution in [-0.4, -0.2) is 46.2 Å². The first-order valence-electron chi connectivity index (χ1n) is 7.68. The van der Waals surface area contributed by atoms with E-state index >= 15 is 0 Å². The van der Waals surface area contributed by atoms with Crippen molar-refractivity contribution in [2.75, 3.05) is 24.5 Å². The third-order valence-corrected chi connectivity index (χ3v) is 4.90. The van der Waals surface area contributed by atoms with Crippen LogP contribution in [0.1, 0.15) is 17.7 Å². The lowest BCUT2D eigenvalue weighted by molar-refractivity contribution is -0.122. The first-order chi connectivity index (χ1) is 11.1. The molecule has 1 aliphatic heterocycles. The lowest BCUT2D eigenvalue weighted by Crippen LogP contribution is -2.45. The fourth-order valence-electron chi connectivity index (χ4n) is 2.67. The van der Waals surface area contributed by atoms with Gasteiger partial charge >= 0.3 is 0 Å². The van der Waals surface area contributed by atoms with E-state index in [1.165, 1.54) is 4.88 Å². The monoisotopic (exact) mass is 332 g/mol. The standard InChI is InChI=1S/C16H20N4O2S/c21-14(5-4-13-3-1-10-23-13)19-11-16(22)6-9-20(12-16)15-17-7-2-8-18-15/h1-3,7-8,10,22H,4-6,9,11-12H2,(H,19,21)/t16-/m1/s1. The van der Waals surface area contributed by atoms with Crippen molar-refractivity contribution in [3.63, 3.8) is 0 Å². The number of carbonyl (C=O) groups excluding carboxylic acids is 1. The van der Waals surface area contributed by atoms with Gasteiger partial charge in [0.2, 0.25) is 11.9 Å². The van der Waals surface area contributed by atoms with Crippen molar-refractivity contribution in [2.24, 2.45) is 0 Å². The molecule has 1 amide bonds.